The number of nitrogens with zero attached hydrogens (tertiary/aromatic N) is 4. The quantitative estimate of drug-likeness (QED) is 0.288. The van der Waals surface area contributed by atoms with E-state index in [9.17, 15) is 22.8 Å². The van der Waals surface area contributed by atoms with Gasteiger partial charge >= 0.3 is 12.3 Å². The van der Waals surface area contributed by atoms with Gasteiger partial charge in [-0.25, -0.2) is 14.8 Å². The van der Waals surface area contributed by atoms with Gasteiger partial charge in [-0.15, -0.1) is 0 Å². The highest BCUT2D eigenvalue weighted by Crippen LogP contribution is 2.42. The lowest BCUT2D eigenvalue weighted by molar-refractivity contribution is -0.138. The van der Waals surface area contributed by atoms with Crippen LogP contribution in [0.25, 0.3) is 10.9 Å². The van der Waals surface area contributed by atoms with Gasteiger partial charge < -0.3 is 30.3 Å². The van der Waals surface area contributed by atoms with Crippen LogP contribution < -0.4 is 15.8 Å². The van der Waals surface area contributed by atoms with Crippen molar-refractivity contribution >= 4 is 34.4 Å². The smallest absolute Gasteiger partial charge is 0.416 e. The Bertz CT molecular complexity index is 1620. The van der Waals surface area contributed by atoms with Crippen molar-refractivity contribution in [3.8, 4) is 5.75 Å². The number of aromatic nitrogens is 2. The molecule has 2 heterocycles. The van der Waals surface area contributed by atoms with Gasteiger partial charge in [0, 0.05) is 55.8 Å². The molecule has 1 aromatic heterocycles. The molecule has 1 aliphatic carbocycles. The highest BCUT2D eigenvalue weighted by Gasteiger charge is 2.34. The molecule has 2 aromatic carbocycles. The Hall–Kier alpha value is -4.29. The number of hydrogen-bond acceptors (Lipinski definition) is 8. The minimum Gasteiger partial charge on any atom is -0.496 e. The number of nitrogens with two attached hydrogens (primary N) is 1. The number of piperazine rings is 1. The standard InChI is InChI=1S/C34H43F3N6O4/c1-20-40-28-18-29(46-5)26(17-27(28)30(41-20)39-19-21-14-24(34(35,36)37)16-25(38)15-21)22-6-8-23(9-7-22)31(44)42-10-12-43(13-11-42)32(45)47-33(2,3)4/h14-18,22-23H,6-13,19,38H2,1-5H3,(H,39,40,41). The summed E-state index contributed by atoms with van der Waals surface area (Å²) in [6.07, 6.45) is -1.83. The van der Waals surface area contributed by atoms with E-state index < -0.39 is 17.3 Å². The van der Waals surface area contributed by atoms with Gasteiger partial charge in [-0.3, -0.25) is 4.79 Å². The summed E-state index contributed by atoms with van der Waals surface area (Å²) in [5.41, 5.74) is 6.44. The van der Waals surface area contributed by atoms with Gasteiger partial charge in [0.25, 0.3) is 0 Å². The van der Waals surface area contributed by atoms with E-state index in [2.05, 4.69) is 15.3 Å². The molecule has 3 aromatic rings. The summed E-state index contributed by atoms with van der Waals surface area (Å²) < 4.78 is 51.4. The second kappa shape index (κ2) is 13.4. The molecule has 3 N–H and O–H groups in total. The first-order valence-electron chi connectivity index (χ1n) is 15.9. The van der Waals surface area contributed by atoms with Crippen LogP contribution in [-0.2, 0) is 22.3 Å². The number of nitrogen functional groups attached to an aromatic ring is 1. The zero-order chi connectivity index (χ0) is 34.1. The maximum Gasteiger partial charge on any atom is 0.416 e. The fourth-order valence-corrected chi connectivity index (χ4v) is 6.44. The number of rotatable bonds is 6. The summed E-state index contributed by atoms with van der Waals surface area (Å²) in [5, 5.41) is 3.93. The van der Waals surface area contributed by atoms with Crippen LogP contribution in [-0.4, -0.2) is 70.7 Å². The first-order valence-corrected chi connectivity index (χ1v) is 15.9. The lowest BCUT2D eigenvalue weighted by atomic mass is 9.77. The number of halogens is 3. The molecule has 1 saturated heterocycles. The van der Waals surface area contributed by atoms with Crippen LogP contribution in [0.15, 0.2) is 30.3 Å². The predicted octanol–water partition coefficient (Wildman–Crippen LogP) is 6.51. The van der Waals surface area contributed by atoms with Crippen LogP contribution >= 0.6 is 0 Å². The zero-order valence-electron chi connectivity index (χ0n) is 27.5. The summed E-state index contributed by atoms with van der Waals surface area (Å²) in [6.45, 7) is 9.20. The number of fused-ring (bicyclic) bond motifs is 1. The number of ether oxygens (including phenoxy) is 2. The molecule has 2 amide bonds. The molecule has 47 heavy (non-hydrogen) atoms. The highest BCUT2D eigenvalue weighted by molar-refractivity contribution is 5.91. The van der Waals surface area contributed by atoms with Gasteiger partial charge in [0.1, 0.15) is 23.0 Å². The molecule has 0 unspecified atom stereocenters. The van der Waals surface area contributed by atoms with Crippen LogP contribution in [0.4, 0.5) is 29.5 Å². The first kappa shape index (κ1) is 34.1. The molecular formula is C34H43F3N6O4. The molecule has 0 radical (unpaired) electrons. The second-order valence-electron chi connectivity index (χ2n) is 13.4. The topological polar surface area (TPSA) is 123 Å². The van der Waals surface area contributed by atoms with Crippen molar-refractivity contribution in [2.24, 2.45) is 5.92 Å². The molecule has 0 bridgehead atoms. The lowest BCUT2D eigenvalue weighted by Gasteiger charge is -2.38. The van der Waals surface area contributed by atoms with E-state index >= 15 is 0 Å². The summed E-state index contributed by atoms with van der Waals surface area (Å²) >= 11 is 0. The maximum atomic E-state index is 13.4. The van der Waals surface area contributed by atoms with Crippen LogP contribution in [0, 0.1) is 12.8 Å². The van der Waals surface area contributed by atoms with Crippen LogP contribution in [0.3, 0.4) is 0 Å². The van der Waals surface area contributed by atoms with Crippen LogP contribution in [0.1, 0.15) is 74.9 Å². The van der Waals surface area contributed by atoms with Crippen molar-refractivity contribution in [3.63, 3.8) is 0 Å². The van der Waals surface area contributed by atoms with Gasteiger partial charge in [0.2, 0.25) is 5.91 Å². The number of hydrogen-bond donors (Lipinski definition) is 2. The Balaban J connectivity index is 1.27. The SMILES string of the molecule is COc1cc2nc(C)nc(NCc3cc(N)cc(C(F)(F)F)c3)c2cc1C1CCC(C(=O)N2CCN(C(=O)OC(C)(C)C)CC2)CC1. The highest BCUT2D eigenvalue weighted by atomic mass is 19.4. The fraction of sp³-hybridized carbons (Fsp3) is 0.529. The Morgan fingerprint density at radius 3 is 2.23 bits per heavy atom. The number of carbonyl (C=O) groups is 2. The Labute approximate surface area is 272 Å². The van der Waals surface area contributed by atoms with Crippen molar-refractivity contribution in [2.75, 3.05) is 44.3 Å². The van der Waals surface area contributed by atoms with E-state index in [0.29, 0.717) is 54.7 Å². The number of amides is 2. The molecule has 1 aliphatic heterocycles. The first-order chi connectivity index (χ1) is 22.1. The Kier molecular flexibility index (Phi) is 9.74. The average Bonchev–Trinajstić information content (AvgIpc) is 3.01. The minimum absolute atomic E-state index is 0.0320. The number of carbonyl (C=O) groups excluding carboxylic acids is 2. The van der Waals surface area contributed by atoms with Crippen molar-refractivity contribution < 1.29 is 32.2 Å². The normalized spacial score (nSPS) is 19.1. The van der Waals surface area contributed by atoms with Crippen molar-refractivity contribution in [1.82, 2.24) is 19.8 Å². The number of alkyl halides is 3. The predicted molar refractivity (Wildman–Crippen MR) is 173 cm³/mol. The Morgan fingerprint density at radius 1 is 0.957 bits per heavy atom. The van der Waals surface area contributed by atoms with Gasteiger partial charge in [0.05, 0.1) is 18.2 Å². The van der Waals surface area contributed by atoms with Crippen LogP contribution in [0.5, 0.6) is 5.75 Å². The van der Waals surface area contributed by atoms with Crippen molar-refractivity contribution in [3.05, 3.63) is 52.8 Å². The number of anilines is 2. The molecule has 2 aliphatic rings. The average molecular weight is 657 g/mol. The largest absolute Gasteiger partial charge is 0.496 e. The van der Waals surface area contributed by atoms with Crippen LogP contribution in [0.2, 0.25) is 0 Å². The number of methoxy groups -OCH3 is 1. The second-order valence-corrected chi connectivity index (χ2v) is 13.4. The molecule has 254 valence electrons. The van der Waals surface area contributed by atoms with E-state index in [4.69, 9.17) is 15.2 Å². The number of benzene rings is 2. The molecule has 0 spiro atoms. The molecule has 2 fully saturated rings. The summed E-state index contributed by atoms with van der Waals surface area (Å²) in [6, 6.07) is 7.37. The summed E-state index contributed by atoms with van der Waals surface area (Å²) in [5.74, 6) is 1.88. The third-order valence-corrected chi connectivity index (χ3v) is 8.72. The zero-order valence-corrected chi connectivity index (χ0v) is 27.5. The van der Waals surface area contributed by atoms with Gasteiger partial charge in [-0.2, -0.15) is 13.2 Å². The van der Waals surface area contributed by atoms with Crippen molar-refractivity contribution in [1.29, 1.82) is 0 Å². The molecule has 1 saturated carbocycles. The molecule has 13 heteroatoms. The fourth-order valence-electron chi connectivity index (χ4n) is 6.44. The molecule has 5 rings (SSSR count). The van der Waals surface area contributed by atoms with Gasteiger partial charge in [0.15, 0.2) is 0 Å². The third kappa shape index (κ3) is 8.17. The molecule has 10 nitrogen and oxygen atoms in total. The summed E-state index contributed by atoms with van der Waals surface area (Å²) in [4.78, 5) is 38.5. The Morgan fingerprint density at radius 2 is 1.62 bits per heavy atom. The molecule has 0 atom stereocenters. The number of nitrogens with one attached hydrogen (secondary N) is 1. The molecular weight excluding hydrogens is 613 g/mol. The van der Waals surface area contributed by atoms with Gasteiger partial charge in [-0.1, -0.05) is 0 Å². The van der Waals surface area contributed by atoms with Crippen molar-refractivity contribution in [2.45, 2.75) is 77.6 Å². The van der Waals surface area contributed by atoms with E-state index in [-0.39, 0.29) is 36.1 Å². The van der Waals surface area contributed by atoms with E-state index in [1.165, 1.54) is 6.07 Å². The summed E-state index contributed by atoms with van der Waals surface area (Å²) in [7, 11) is 1.61. The van der Waals surface area contributed by atoms with Gasteiger partial charge in [-0.05, 0) is 94.7 Å². The minimum atomic E-state index is -4.51. The number of aryl methyl sites for hydroxylation is 1. The third-order valence-electron chi connectivity index (χ3n) is 8.72. The maximum absolute atomic E-state index is 13.4. The monoisotopic (exact) mass is 656 g/mol. The van der Waals surface area contributed by atoms with E-state index in [1.54, 1.807) is 18.9 Å². The van der Waals surface area contributed by atoms with E-state index in [0.717, 1.165) is 48.8 Å². The lowest BCUT2D eigenvalue weighted by Crippen LogP contribution is -2.53. The van der Waals surface area contributed by atoms with E-state index in [1.807, 2.05) is 37.8 Å².